The Kier molecular flexibility index (Phi) is 3.03. The third-order valence-electron chi connectivity index (χ3n) is 3.63. The Labute approximate surface area is 111 Å². The van der Waals surface area contributed by atoms with Gasteiger partial charge in [0.25, 0.3) is 5.91 Å². The summed E-state index contributed by atoms with van der Waals surface area (Å²) in [4.78, 5) is 14.3. The van der Waals surface area contributed by atoms with Crippen LogP contribution in [0.15, 0.2) is 24.3 Å². The van der Waals surface area contributed by atoms with E-state index in [1.807, 2.05) is 4.90 Å². The van der Waals surface area contributed by atoms with Crippen LogP contribution in [-0.4, -0.2) is 39.3 Å². The quantitative estimate of drug-likeness (QED) is 0.838. The Morgan fingerprint density at radius 3 is 2.32 bits per heavy atom. The van der Waals surface area contributed by atoms with Gasteiger partial charge >= 0.3 is 0 Å². The van der Waals surface area contributed by atoms with E-state index in [1.54, 1.807) is 6.92 Å². The second-order valence-corrected chi connectivity index (χ2v) is 4.82. The normalized spacial score (nSPS) is 14.9. The van der Waals surface area contributed by atoms with Gasteiger partial charge in [0.1, 0.15) is 0 Å². The maximum Gasteiger partial charge on any atom is 0.276 e. The van der Waals surface area contributed by atoms with Gasteiger partial charge in [-0.2, -0.15) is 15.4 Å². The predicted octanol–water partition coefficient (Wildman–Crippen LogP) is 1.35. The zero-order valence-corrected chi connectivity index (χ0v) is 10.9. The molecule has 1 N–H and O–H groups in total. The van der Waals surface area contributed by atoms with Crippen LogP contribution in [0.4, 0.5) is 0 Å². The lowest BCUT2D eigenvalue weighted by Gasteiger charge is -2.18. The summed E-state index contributed by atoms with van der Waals surface area (Å²) < 4.78 is 0. The molecule has 1 aliphatic rings. The molecular formula is C14H16N4O. The first kappa shape index (κ1) is 11.9. The number of hydrogen-bond donors (Lipinski definition) is 1. The van der Waals surface area contributed by atoms with Crippen LogP contribution in [0.25, 0.3) is 0 Å². The number of fused-ring (bicyclic) bond motifs is 1. The minimum Gasteiger partial charge on any atom is -0.337 e. The van der Waals surface area contributed by atoms with Crippen LogP contribution in [0, 0.1) is 6.92 Å². The number of hydrogen-bond acceptors (Lipinski definition) is 3. The summed E-state index contributed by atoms with van der Waals surface area (Å²) in [6.07, 6.45) is 1.80. The van der Waals surface area contributed by atoms with Crippen LogP contribution < -0.4 is 0 Å². The minimum atomic E-state index is -0.0287. The fraction of sp³-hybridized carbons (Fsp3) is 0.357. The Bertz CT molecular complexity index is 578. The Balaban J connectivity index is 1.79. The van der Waals surface area contributed by atoms with E-state index in [0.29, 0.717) is 11.4 Å². The molecule has 1 amide bonds. The van der Waals surface area contributed by atoms with Crippen molar-refractivity contribution in [2.75, 3.05) is 13.1 Å². The first-order chi connectivity index (χ1) is 9.25. The number of aryl methyl sites for hydroxylation is 1. The fourth-order valence-corrected chi connectivity index (χ4v) is 2.51. The molecule has 1 aliphatic heterocycles. The molecule has 2 aromatic rings. The molecule has 0 fully saturated rings. The van der Waals surface area contributed by atoms with Crippen molar-refractivity contribution in [1.82, 2.24) is 20.3 Å². The summed E-state index contributed by atoms with van der Waals surface area (Å²) in [5, 5.41) is 10.4. The first-order valence-electron chi connectivity index (χ1n) is 6.49. The highest BCUT2D eigenvalue weighted by Gasteiger charge is 2.22. The molecule has 0 unspecified atom stereocenters. The molecule has 0 spiro atoms. The zero-order valence-electron chi connectivity index (χ0n) is 10.9. The number of H-pyrrole nitrogens is 1. The highest BCUT2D eigenvalue weighted by molar-refractivity contribution is 5.93. The van der Waals surface area contributed by atoms with Crippen LogP contribution in [0.2, 0.25) is 0 Å². The molecule has 5 nitrogen and oxygen atoms in total. The molecule has 0 radical (unpaired) electrons. The van der Waals surface area contributed by atoms with Gasteiger partial charge in [0.15, 0.2) is 5.69 Å². The molecule has 2 heterocycles. The molecule has 19 heavy (non-hydrogen) atoms. The van der Waals surface area contributed by atoms with E-state index in [0.717, 1.165) is 25.9 Å². The van der Waals surface area contributed by atoms with Gasteiger partial charge in [0, 0.05) is 13.1 Å². The third kappa shape index (κ3) is 2.23. The topological polar surface area (TPSA) is 61.9 Å². The van der Waals surface area contributed by atoms with Gasteiger partial charge in [-0.05, 0) is 30.9 Å². The van der Waals surface area contributed by atoms with Crippen LogP contribution >= 0.6 is 0 Å². The number of aromatic nitrogens is 3. The Hall–Kier alpha value is -2.17. The predicted molar refractivity (Wildman–Crippen MR) is 70.9 cm³/mol. The largest absolute Gasteiger partial charge is 0.337 e. The van der Waals surface area contributed by atoms with Crippen molar-refractivity contribution < 1.29 is 4.79 Å². The number of carbonyl (C=O) groups excluding carboxylic acids is 1. The average molecular weight is 256 g/mol. The highest BCUT2D eigenvalue weighted by Crippen LogP contribution is 2.17. The molecule has 5 heteroatoms. The molecule has 0 saturated heterocycles. The summed E-state index contributed by atoms with van der Waals surface area (Å²) in [7, 11) is 0. The lowest BCUT2D eigenvalue weighted by Crippen LogP contribution is -2.34. The molecule has 3 rings (SSSR count). The summed E-state index contributed by atoms with van der Waals surface area (Å²) in [6.45, 7) is 3.27. The summed E-state index contributed by atoms with van der Waals surface area (Å²) in [6, 6.07) is 8.39. The number of carbonyl (C=O) groups is 1. The van der Waals surface area contributed by atoms with Crippen molar-refractivity contribution in [1.29, 1.82) is 0 Å². The molecular weight excluding hydrogens is 240 g/mol. The zero-order chi connectivity index (χ0) is 13.2. The van der Waals surface area contributed by atoms with Gasteiger partial charge in [-0.15, -0.1) is 0 Å². The smallest absolute Gasteiger partial charge is 0.276 e. The number of rotatable bonds is 1. The maximum absolute atomic E-state index is 12.4. The lowest BCUT2D eigenvalue weighted by atomic mass is 10.0. The van der Waals surface area contributed by atoms with Crippen molar-refractivity contribution >= 4 is 5.91 Å². The fourth-order valence-electron chi connectivity index (χ4n) is 2.51. The minimum absolute atomic E-state index is 0.0287. The molecule has 0 saturated carbocycles. The van der Waals surface area contributed by atoms with E-state index in [2.05, 4.69) is 39.7 Å². The Morgan fingerprint density at radius 1 is 1.16 bits per heavy atom. The molecule has 0 atom stereocenters. The number of nitrogens with one attached hydrogen (secondary N) is 1. The van der Waals surface area contributed by atoms with Crippen molar-refractivity contribution in [2.45, 2.75) is 19.8 Å². The second kappa shape index (κ2) is 4.84. The molecule has 0 aliphatic carbocycles. The monoisotopic (exact) mass is 256 g/mol. The van der Waals surface area contributed by atoms with E-state index in [-0.39, 0.29) is 5.91 Å². The van der Waals surface area contributed by atoms with Crippen LogP contribution in [0.1, 0.15) is 27.3 Å². The van der Waals surface area contributed by atoms with Gasteiger partial charge in [-0.25, -0.2) is 0 Å². The number of aromatic amines is 1. The van der Waals surface area contributed by atoms with Crippen LogP contribution in [-0.2, 0) is 12.8 Å². The summed E-state index contributed by atoms with van der Waals surface area (Å²) in [5.74, 6) is -0.0287. The van der Waals surface area contributed by atoms with Crippen molar-refractivity contribution in [3.8, 4) is 0 Å². The van der Waals surface area contributed by atoms with E-state index >= 15 is 0 Å². The average Bonchev–Trinajstić information content (AvgIpc) is 2.74. The van der Waals surface area contributed by atoms with Gasteiger partial charge in [-0.3, -0.25) is 4.79 Å². The second-order valence-electron chi connectivity index (χ2n) is 4.82. The lowest BCUT2D eigenvalue weighted by molar-refractivity contribution is 0.0756. The van der Waals surface area contributed by atoms with Gasteiger partial charge in [0.05, 0.1) is 5.69 Å². The van der Waals surface area contributed by atoms with Crippen molar-refractivity contribution in [3.63, 3.8) is 0 Å². The molecule has 1 aromatic heterocycles. The van der Waals surface area contributed by atoms with E-state index in [1.165, 1.54) is 11.1 Å². The molecule has 98 valence electrons. The standard InChI is InChI=1S/C14H16N4O/c1-10-13(16-17-15-10)14(19)18-8-6-11-4-2-3-5-12(11)7-9-18/h2-5H,6-9H2,1H3,(H,15,16,17). The summed E-state index contributed by atoms with van der Waals surface area (Å²) in [5.41, 5.74) is 3.78. The van der Waals surface area contributed by atoms with Crippen molar-refractivity contribution in [3.05, 3.63) is 46.8 Å². The summed E-state index contributed by atoms with van der Waals surface area (Å²) >= 11 is 0. The Morgan fingerprint density at radius 2 is 1.79 bits per heavy atom. The van der Waals surface area contributed by atoms with Gasteiger partial charge in [-0.1, -0.05) is 24.3 Å². The SMILES string of the molecule is Cc1n[nH]nc1C(=O)N1CCc2ccccc2CC1. The van der Waals surface area contributed by atoms with Gasteiger partial charge in [0.2, 0.25) is 0 Å². The van der Waals surface area contributed by atoms with E-state index in [9.17, 15) is 4.79 Å². The first-order valence-corrected chi connectivity index (χ1v) is 6.49. The third-order valence-corrected chi connectivity index (χ3v) is 3.63. The molecule has 0 bridgehead atoms. The highest BCUT2D eigenvalue weighted by atomic mass is 16.2. The maximum atomic E-state index is 12.4. The van der Waals surface area contributed by atoms with Crippen LogP contribution in [0.3, 0.4) is 0 Å². The molecule has 1 aromatic carbocycles. The van der Waals surface area contributed by atoms with Crippen LogP contribution in [0.5, 0.6) is 0 Å². The van der Waals surface area contributed by atoms with Crippen molar-refractivity contribution in [2.24, 2.45) is 0 Å². The van der Waals surface area contributed by atoms with E-state index in [4.69, 9.17) is 0 Å². The van der Waals surface area contributed by atoms with Gasteiger partial charge < -0.3 is 4.90 Å². The number of amides is 1. The van der Waals surface area contributed by atoms with E-state index < -0.39 is 0 Å². The number of benzene rings is 1. The number of nitrogens with zero attached hydrogens (tertiary/aromatic N) is 3.